The van der Waals surface area contributed by atoms with Crippen LogP contribution in [0.25, 0.3) is 0 Å². The zero-order valence-electron chi connectivity index (χ0n) is 6.65. The number of hydrogen-bond donors (Lipinski definition) is 1. The van der Waals surface area contributed by atoms with Gasteiger partial charge in [-0.05, 0) is 9.91 Å². The van der Waals surface area contributed by atoms with Crippen LogP contribution in [0.5, 0.6) is 5.75 Å². The first-order chi connectivity index (χ1) is 6.06. The Morgan fingerprint density at radius 2 is 2.38 bits per heavy atom. The van der Waals surface area contributed by atoms with Crippen LogP contribution in [-0.2, 0) is 0 Å². The van der Waals surface area contributed by atoms with Gasteiger partial charge in [0.05, 0.1) is 7.11 Å². The number of hydrogen-bond acceptors (Lipinski definition) is 5. The summed E-state index contributed by atoms with van der Waals surface area (Å²) in [5, 5.41) is 10.2. The molecule has 1 heterocycles. The summed E-state index contributed by atoms with van der Waals surface area (Å²) in [6, 6.07) is 0.820. The lowest BCUT2D eigenvalue weighted by Crippen LogP contribution is -2.02. The highest BCUT2D eigenvalue weighted by Crippen LogP contribution is 2.24. The molecule has 1 aromatic heterocycles. The first-order valence-corrected chi connectivity index (χ1v) is 3.20. The maximum atomic E-state index is 12.8. The van der Waals surface area contributed by atoms with Gasteiger partial charge in [0.1, 0.15) is 0 Å². The molecule has 1 aromatic rings. The molecule has 0 saturated carbocycles. The summed E-state index contributed by atoms with van der Waals surface area (Å²) in [4.78, 5) is 12.4. The second-order valence-corrected chi connectivity index (χ2v) is 2.14. The minimum Gasteiger partial charge on any atom is -0.491 e. The lowest BCUT2D eigenvalue weighted by Gasteiger charge is -2.00. The minimum absolute atomic E-state index is 0.0249. The van der Waals surface area contributed by atoms with Gasteiger partial charge in [-0.3, -0.25) is 0 Å². The number of nitrogen functional groups attached to an aromatic ring is 1. The van der Waals surface area contributed by atoms with E-state index >= 15 is 0 Å². The van der Waals surface area contributed by atoms with Crippen LogP contribution in [0.1, 0.15) is 0 Å². The van der Waals surface area contributed by atoms with Crippen LogP contribution in [0.2, 0.25) is 0 Å². The van der Waals surface area contributed by atoms with E-state index in [1.54, 1.807) is 0 Å². The van der Waals surface area contributed by atoms with Gasteiger partial charge in [0.15, 0.2) is 5.75 Å². The molecular formula is C6H6FN3O3. The molecular weight excluding hydrogens is 181 g/mol. The molecule has 0 spiro atoms. The van der Waals surface area contributed by atoms with Crippen molar-refractivity contribution in [3.8, 4) is 5.75 Å². The van der Waals surface area contributed by atoms with Crippen molar-refractivity contribution in [1.29, 1.82) is 0 Å². The van der Waals surface area contributed by atoms with Crippen LogP contribution in [0.4, 0.5) is 16.0 Å². The summed E-state index contributed by atoms with van der Waals surface area (Å²) in [5.74, 6) is -2.21. The number of pyridine rings is 1. The molecule has 0 atom stereocenters. The molecule has 0 aliphatic carbocycles. The Bertz CT molecular complexity index is 355. The molecule has 0 aliphatic rings. The Morgan fingerprint density at radius 1 is 1.77 bits per heavy atom. The molecule has 6 nitrogen and oxygen atoms in total. The van der Waals surface area contributed by atoms with Crippen molar-refractivity contribution in [1.82, 2.24) is 4.98 Å². The molecule has 70 valence electrons. The third-order valence-electron chi connectivity index (χ3n) is 1.34. The number of nitrogens with two attached hydrogens (primary N) is 1. The van der Waals surface area contributed by atoms with Crippen molar-refractivity contribution in [2.45, 2.75) is 0 Å². The van der Waals surface area contributed by atoms with E-state index in [4.69, 9.17) is 5.73 Å². The van der Waals surface area contributed by atoms with E-state index in [0.29, 0.717) is 0 Å². The Balaban J connectivity index is 3.28. The summed E-state index contributed by atoms with van der Waals surface area (Å²) >= 11 is 0. The second kappa shape index (κ2) is 3.21. The molecule has 0 unspecified atom stereocenters. The predicted molar refractivity (Wildman–Crippen MR) is 41.8 cm³/mol. The normalized spacial score (nSPS) is 9.69. The standard InChI is InChI=1S/C6H6FN3O3/c1-13-4-2-3(7)6(10(11)12)9-5(4)8/h2H,1H3,(H2,8,9). The smallest absolute Gasteiger partial charge is 0.402 e. The topological polar surface area (TPSA) is 91.3 Å². The first-order valence-electron chi connectivity index (χ1n) is 3.20. The first kappa shape index (κ1) is 9.17. The Hall–Kier alpha value is -1.92. The van der Waals surface area contributed by atoms with E-state index < -0.39 is 16.6 Å². The van der Waals surface area contributed by atoms with Crippen LogP contribution in [-0.4, -0.2) is 17.0 Å². The van der Waals surface area contributed by atoms with Crippen molar-refractivity contribution < 1.29 is 14.1 Å². The van der Waals surface area contributed by atoms with E-state index in [0.717, 1.165) is 6.07 Å². The van der Waals surface area contributed by atoms with Gasteiger partial charge in [-0.1, -0.05) is 0 Å². The number of halogens is 1. The summed E-state index contributed by atoms with van der Waals surface area (Å²) in [6.45, 7) is 0. The molecule has 0 fully saturated rings. The van der Waals surface area contributed by atoms with Crippen LogP contribution in [0.3, 0.4) is 0 Å². The fourth-order valence-corrected chi connectivity index (χ4v) is 0.768. The number of rotatable bonds is 2. The quantitative estimate of drug-likeness (QED) is 0.544. The highest BCUT2D eigenvalue weighted by atomic mass is 19.1. The fraction of sp³-hybridized carbons (Fsp3) is 0.167. The van der Waals surface area contributed by atoms with E-state index in [1.807, 2.05) is 0 Å². The van der Waals surface area contributed by atoms with Crippen LogP contribution >= 0.6 is 0 Å². The Kier molecular flexibility index (Phi) is 2.27. The van der Waals surface area contributed by atoms with E-state index in [1.165, 1.54) is 7.11 Å². The minimum atomic E-state index is -1.07. The van der Waals surface area contributed by atoms with Crippen molar-refractivity contribution in [3.63, 3.8) is 0 Å². The second-order valence-electron chi connectivity index (χ2n) is 2.14. The van der Waals surface area contributed by atoms with E-state index in [-0.39, 0.29) is 11.6 Å². The molecule has 0 aromatic carbocycles. The number of methoxy groups -OCH3 is 1. The van der Waals surface area contributed by atoms with Crippen molar-refractivity contribution in [3.05, 3.63) is 22.0 Å². The molecule has 0 amide bonds. The lowest BCUT2D eigenvalue weighted by atomic mass is 10.4. The van der Waals surface area contributed by atoms with Gasteiger partial charge in [-0.15, -0.1) is 0 Å². The predicted octanol–water partition coefficient (Wildman–Crippen LogP) is 0.720. The van der Waals surface area contributed by atoms with Gasteiger partial charge in [0, 0.05) is 6.07 Å². The number of ether oxygens (including phenoxy) is 1. The third kappa shape index (κ3) is 1.63. The summed E-state index contributed by atoms with van der Waals surface area (Å²) < 4.78 is 17.4. The van der Waals surface area contributed by atoms with Crippen LogP contribution < -0.4 is 10.5 Å². The summed E-state index contributed by atoms with van der Waals surface area (Å²) in [7, 11) is 1.26. The van der Waals surface area contributed by atoms with E-state index in [9.17, 15) is 14.5 Å². The lowest BCUT2D eigenvalue weighted by molar-refractivity contribution is -0.392. The van der Waals surface area contributed by atoms with Crippen molar-refractivity contribution >= 4 is 11.6 Å². The average Bonchev–Trinajstić information content (AvgIpc) is 2.07. The third-order valence-corrected chi connectivity index (χ3v) is 1.34. The monoisotopic (exact) mass is 187 g/mol. The van der Waals surface area contributed by atoms with Crippen molar-refractivity contribution in [2.75, 3.05) is 12.8 Å². The average molecular weight is 187 g/mol. The van der Waals surface area contributed by atoms with Gasteiger partial charge in [0.25, 0.3) is 5.82 Å². The Labute approximate surface area is 72.3 Å². The molecule has 0 radical (unpaired) electrons. The molecule has 0 bridgehead atoms. The number of anilines is 1. The number of nitrogens with zero attached hydrogens (tertiary/aromatic N) is 2. The van der Waals surface area contributed by atoms with Gasteiger partial charge in [-0.25, -0.2) is 0 Å². The van der Waals surface area contributed by atoms with Gasteiger partial charge in [-0.2, -0.15) is 4.39 Å². The highest BCUT2D eigenvalue weighted by molar-refractivity contribution is 5.49. The molecule has 13 heavy (non-hydrogen) atoms. The number of aromatic nitrogens is 1. The maximum absolute atomic E-state index is 12.8. The maximum Gasteiger partial charge on any atom is 0.402 e. The van der Waals surface area contributed by atoms with Gasteiger partial charge in [0.2, 0.25) is 5.82 Å². The molecule has 0 aliphatic heterocycles. The van der Waals surface area contributed by atoms with Gasteiger partial charge < -0.3 is 20.6 Å². The SMILES string of the molecule is COc1cc(F)c([N+](=O)[O-])nc1N. The summed E-state index contributed by atoms with van der Waals surface area (Å²) in [6.07, 6.45) is 0. The van der Waals surface area contributed by atoms with Crippen molar-refractivity contribution in [2.24, 2.45) is 0 Å². The van der Waals surface area contributed by atoms with Crippen LogP contribution in [0.15, 0.2) is 6.07 Å². The Morgan fingerprint density at radius 3 is 2.85 bits per heavy atom. The largest absolute Gasteiger partial charge is 0.491 e. The van der Waals surface area contributed by atoms with Crippen LogP contribution in [0, 0.1) is 15.9 Å². The van der Waals surface area contributed by atoms with E-state index in [2.05, 4.69) is 9.72 Å². The molecule has 2 N–H and O–H groups in total. The van der Waals surface area contributed by atoms with Gasteiger partial charge >= 0.3 is 5.82 Å². The zero-order chi connectivity index (χ0) is 10.0. The molecule has 7 heteroatoms. The molecule has 0 saturated heterocycles. The zero-order valence-corrected chi connectivity index (χ0v) is 6.65. The summed E-state index contributed by atoms with van der Waals surface area (Å²) in [5.41, 5.74) is 5.23. The number of nitro groups is 1. The molecule has 1 rings (SSSR count). The fourth-order valence-electron chi connectivity index (χ4n) is 0.768. The highest BCUT2D eigenvalue weighted by Gasteiger charge is 2.20.